The first-order valence-electron chi connectivity index (χ1n) is 15.7. The maximum Gasteiger partial charge on any atom is 0.167 e. The van der Waals surface area contributed by atoms with Crippen LogP contribution in [0.15, 0.2) is 89.6 Å². The van der Waals surface area contributed by atoms with Gasteiger partial charge in [0.2, 0.25) is 0 Å². The van der Waals surface area contributed by atoms with Crippen LogP contribution in [0.3, 0.4) is 0 Å². The van der Waals surface area contributed by atoms with Gasteiger partial charge in [-0.1, -0.05) is 80.5 Å². The smallest absolute Gasteiger partial charge is 0.167 e. The lowest BCUT2D eigenvalue weighted by molar-refractivity contribution is -0.118. The molecule has 2 nitrogen and oxygen atoms in total. The highest BCUT2D eigenvalue weighted by atomic mass is 16.1. The van der Waals surface area contributed by atoms with E-state index in [4.69, 9.17) is 0 Å². The van der Waals surface area contributed by atoms with E-state index in [-0.39, 0.29) is 23.4 Å². The number of benzene rings is 1. The Balaban J connectivity index is 1.12. The topological polar surface area (TPSA) is 34.1 Å². The fourth-order valence-electron chi connectivity index (χ4n) is 8.25. The minimum Gasteiger partial charge on any atom is -0.294 e. The first kappa shape index (κ1) is 26.5. The lowest BCUT2D eigenvalue weighted by Gasteiger charge is -2.39. The van der Waals surface area contributed by atoms with Gasteiger partial charge in [0.25, 0.3) is 0 Å². The van der Waals surface area contributed by atoms with Crippen molar-refractivity contribution in [3.63, 3.8) is 0 Å². The van der Waals surface area contributed by atoms with Gasteiger partial charge in [0.1, 0.15) is 0 Å². The van der Waals surface area contributed by atoms with E-state index in [2.05, 4.69) is 55.5 Å². The molecule has 39 heavy (non-hydrogen) atoms. The molecule has 0 saturated heterocycles. The fraction of sp³-hybridized carbons (Fsp3) is 0.514. The normalized spacial score (nSPS) is 34.4. The maximum atomic E-state index is 13.2. The Bertz CT molecular complexity index is 1210. The van der Waals surface area contributed by atoms with Crippen LogP contribution in [0, 0.1) is 41.4 Å². The number of hydrogen-bond acceptors (Lipinski definition) is 2. The van der Waals surface area contributed by atoms with Crippen molar-refractivity contribution in [2.45, 2.75) is 77.6 Å². The summed E-state index contributed by atoms with van der Waals surface area (Å²) in [6, 6.07) is 10.5. The number of carbonyl (C=O) groups is 2. The van der Waals surface area contributed by atoms with Gasteiger partial charge in [-0.15, -0.1) is 0 Å². The Morgan fingerprint density at radius 1 is 0.795 bits per heavy atom. The van der Waals surface area contributed by atoms with Crippen molar-refractivity contribution in [2.75, 3.05) is 0 Å². The first-order chi connectivity index (χ1) is 19.1. The zero-order chi connectivity index (χ0) is 26.8. The molecule has 0 aromatic heterocycles. The van der Waals surface area contributed by atoms with Gasteiger partial charge < -0.3 is 0 Å². The van der Waals surface area contributed by atoms with E-state index in [1.807, 2.05) is 18.2 Å². The van der Waals surface area contributed by atoms with Gasteiger partial charge in [-0.25, -0.2) is 0 Å². The van der Waals surface area contributed by atoms with E-state index < -0.39 is 0 Å². The zero-order valence-corrected chi connectivity index (χ0v) is 23.6. The minimum absolute atomic E-state index is 0.0507. The molecule has 0 N–H and O–H groups in total. The molecule has 5 aliphatic carbocycles. The summed E-state index contributed by atoms with van der Waals surface area (Å²) in [5.41, 5.74) is 4.65. The molecule has 5 aliphatic rings. The van der Waals surface area contributed by atoms with Crippen LogP contribution >= 0.6 is 0 Å². The van der Waals surface area contributed by atoms with E-state index in [1.165, 1.54) is 62.5 Å². The average Bonchev–Trinajstić information content (AvgIpc) is 3.36. The molecule has 2 fully saturated rings. The van der Waals surface area contributed by atoms with Crippen molar-refractivity contribution >= 4 is 11.6 Å². The third kappa shape index (κ3) is 5.76. The maximum absolute atomic E-state index is 13.2. The monoisotopic (exact) mass is 520 g/mol. The number of fused-ring (bicyclic) bond motifs is 1. The summed E-state index contributed by atoms with van der Waals surface area (Å²) >= 11 is 0. The van der Waals surface area contributed by atoms with Crippen LogP contribution < -0.4 is 0 Å². The van der Waals surface area contributed by atoms with Gasteiger partial charge in [0, 0.05) is 11.8 Å². The summed E-state index contributed by atoms with van der Waals surface area (Å²) in [4.78, 5) is 26.3. The predicted octanol–water partition coefficient (Wildman–Crippen LogP) is 8.56. The summed E-state index contributed by atoms with van der Waals surface area (Å²) in [5, 5.41) is 0. The number of carbonyl (C=O) groups excluding carboxylic acids is 2. The minimum atomic E-state index is -0.198. The highest BCUT2D eigenvalue weighted by Crippen LogP contribution is 2.50. The molecule has 0 radical (unpaired) electrons. The van der Waals surface area contributed by atoms with Crippen molar-refractivity contribution in [1.29, 1.82) is 0 Å². The van der Waals surface area contributed by atoms with Gasteiger partial charge >= 0.3 is 0 Å². The summed E-state index contributed by atoms with van der Waals surface area (Å²) in [5.74, 6) is 3.82. The SMILES string of the molecule is CC1CCC(C2CCC(C3C=C(C4=CC(=O)C(CCCc5ccccc5)C=C4)C4C(=O)C=CC=C43)CC2)CC1. The molecular weight excluding hydrogens is 476 g/mol. The van der Waals surface area contributed by atoms with Gasteiger partial charge in [-0.2, -0.15) is 0 Å². The van der Waals surface area contributed by atoms with Crippen LogP contribution in [0.1, 0.15) is 76.7 Å². The van der Waals surface area contributed by atoms with Gasteiger partial charge in [0.15, 0.2) is 11.6 Å². The first-order valence-corrected chi connectivity index (χ1v) is 15.7. The highest BCUT2D eigenvalue weighted by Gasteiger charge is 2.42. The number of aryl methyl sites for hydroxylation is 1. The van der Waals surface area contributed by atoms with Gasteiger partial charge in [-0.3, -0.25) is 9.59 Å². The van der Waals surface area contributed by atoms with E-state index in [0.29, 0.717) is 11.8 Å². The van der Waals surface area contributed by atoms with Crippen LogP contribution in [0.25, 0.3) is 0 Å². The Morgan fingerprint density at radius 2 is 1.49 bits per heavy atom. The molecule has 2 saturated carbocycles. The molecule has 0 amide bonds. The molecule has 0 spiro atoms. The van der Waals surface area contributed by atoms with E-state index in [9.17, 15) is 9.59 Å². The highest BCUT2D eigenvalue weighted by molar-refractivity contribution is 6.01. The van der Waals surface area contributed by atoms with Crippen LogP contribution in [0.4, 0.5) is 0 Å². The second-order valence-electron chi connectivity index (χ2n) is 13.0. The number of ketones is 2. The van der Waals surface area contributed by atoms with Crippen LogP contribution in [0.5, 0.6) is 0 Å². The van der Waals surface area contributed by atoms with Crippen molar-refractivity contribution in [1.82, 2.24) is 0 Å². The average molecular weight is 521 g/mol. The lowest BCUT2D eigenvalue weighted by Crippen LogP contribution is -2.28. The van der Waals surface area contributed by atoms with Crippen LogP contribution in [-0.2, 0) is 16.0 Å². The fourth-order valence-corrected chi connectivity index (χ4v) is 8.25. The Labute approximate surface area is 235 Å². The van der Waals surface area contributed by atoms with Crippen molar-refractivity contribution in [3.05, 3.63) is 95.1 Å². The second-order valence-corrected chi connectivity index (χ2v) is 13.0. The Morgan fingerprint density at radius 3 is 2.21 bits per heavy atom. The molecule has 6 rings (SSSR count). The van der Waals surface area contributed by atoms with Crippen molar-refractivity contribution in [2.24, 2.45) is 41.4 Å². The predicted molar refractivity (Wildman–Crippen MR) is 159 cm³/mol. The molecule has 0 bridgehead atoms. The summed E-state index contributed by atoms with van der Waals surface area (Å²) in [6.07, 6.45) is 28.1. The number of hydrogen-bond donors (Lipinski definition) is 0. The van der Waals surface area contributed by atoms with E-state index >= 15 is 0 Å². The Kier molecular flexibility index (Phi) is 8.00. The van der Waals surface area contributed by atoms with E-state index in [0.717, 1.165) is 48.2 Å². The number of rotatable bonds is 7. The summed E-state index contributed by atoms with van der Waals surface area (Å²) in [6.45, 7) is 2.41. The van der Waals surface area contributed by atoms with Crippen molar-refractivity contribution < 1.29 is 9.59 Å². The quantitative estimate of drug-likeness (QED) is 0.361. The third-order valence-corrected chi connectivity index (χ3v) is 10.6. The summed E-state index contributed by atoms with van der Waals surface area (Å²) < 4.78 is 0. The molecule has 1 aromatic rings. The molecular formula is C37H44O2. The molecule has 3 atom stereocenters. The summed E-state index contributed by atoms with van der Waals surface area (Å²) in [7, 11) is 0. The molecule has 3 unspecified atom stereocenters. The molecule has 0 heterocycles. The largest absolute Gasteiger partial charge is 0.294 e. The van der Waals surface area contributed by atoms with Crippen molar-refractivity contribution in [3.8, 4) is 0 Å². The zero-order valence-electron chi connectivity index (χ0n) is 23.6. The lowest BCUT2D eigenvalue weighted by atomic mass is 9.66. The molecule has 1 aromatic carbocycles. The number of allylic oxidation sites excluding steroid dienone is 10. The third-order valence-electron chi connectivity index (χ3n) is 10.6. The van der Waals surface area contributed by atoms with E-state index in [1.54, 1.807) is 6.08 Å². The standard InChI is InChI=1S/C37H44O2/c1-25-13-15-27(16-14-25)28-17-19-29(20-18-28)33-24-34(37-32(33)11-6-12-35(37)38)31-22-21-30(36(39)23-31)10-5-9-26-7-3-2-4-8-26/h2-4,6-8,11-12,21-25,27-30,33,37H,5,9-10,13-20H2,1H3. The van der Waals surface area contributed by atoms with Gasteiger partial charge in [-0.05, 0) is 116 Å². The molecule has 204 valence electrons. The van der Waals surface area contributed by atoms with Crippen LogP contribution in [0.2, 0.25) is 0 Å². The van der Waals surface area contributed by atoms with Gasteiger partial charge in [0.05, 0.1) is 5.92 Å². The molecule has 2 heteroatoms. The van der Waals surface area contributed by atoms with Crippen LogP contribution in [-0.4, -0.2) is 11.6 Å². The Hall–Kier alpha value is -2.74. The second kappa shape index (κ2) is 11.8. The molecule has 0 aliphatic heterocycles.